The van der Waals surface area contributed by atoms with Crippen LogP contribution in [-0.2, 0) is 0 Å². The molecule has 0 aliphatic carbocycles. The molecule has 1 aliphatic rings. The van der Waals surface area contributed by atoms with Crippen LogP contribution in [0.25, 0.3) is 5.57 Å². The molecule has 3 rings (SSSR count). The van der Waals surface area contributed by atoms with Crippen LogP contribution in [0.5, 0.6) is 5.75 Å². The van der Waals surface area contributed by atoms with Crippen LogP contribution in [0.1, 0.15) is 56.1 Å². The van der Waals surface area contributed by atoms with Gasteiger partial charge in [0.2, 0.25) is 0 Å². The molecule has 1 N–H and O–H groups in total. The first-order valence-electron chi connectivity index (χ1n) is 9.94. The van der Waals surface area contributed by atoms with E-state index in [1.165, 1.54) is 16.8 Å². The van der Waals surface area contributed by atoms with E-state index in [9.17, 15) is 4.79 Å². The summed E-state index contributed by atoms with van der Waals surface area (Å²) in [4.78, 5) is 14.8. The van der Waals surface area contributed by atoms with Crippen LogP contribution in [0.3, 0.4) is 0 Å². The lowest BCUT2D eigenvalue weighted by molar-refractivity contribution is 0.0954. The summed E-state index contributed by atoms with van der Waals surface area (Å²) in [5.74, 6) is 0.393. The molecule has 0 atom stereocenters. The maximum absolute atomic E-state index is 12.4. The Balaban J connectivity index is 1.79. The molecule has 2 aromatic rings. The first kappa shape index (κ1) is 22.3. The molecule has 0 radical (unpaired) electrons. The van der Waals surface area contributed by atoms with E-state index in [-0.39, 0.29) is 11.4 Å². The number of methoxy groups -OCH3 is 1. The Labute approximate surface area is 192 Å². The first-order chi connectivity index (χ1) is 14.1. The Kier molecular flexibility index (Phi) is 6.55. The molecule has 6 heteroatoms. The van der Waals surface area contributed by atoms with Crippen molar-refractivity contribution in [2.24, 2.45) is 5.10 Å². The van der Waals surface area contributed by atoms with Crippen molar-refractivity contribution in [1.29, 1.82) is 0 Å². The number of anilines is 1. The van der Waals surface area contributed by atoms with Crippen LogP contribution in [0.4, 0.5) is 5.69 Å². The van der Waals surface area contributed by atoms with Crippen molar-refractivity contribution in [3.05, 3.63) is 62.7 Å². The number of carbonyl (C=O) groups excluding carboxylic acids is 1. The second kappa shape index (κ2) is 8.79. The maximum atomic E-state index is 12.4. The summed E-state index contributed by atoms with van der Waals surface area (Å²) in [7, 11) is 1.59. The summed E-state index contributed by atoms with van der Waals surface area (Å²) in [5, 5.41) is 4.15. The highest BCUT2D eigenvalue weighted by atomic mass is 127. The van der Waals surface area contributed by atoms with Crippen LogP contribution in [0, 0.1) is 3.57 Å². The monoisotopic (exact) mass is 517 g/mol. The van der Waals surface area contributed by atoms with Gasteiger partial charge in [0.1, 0.15) is 5.75 Å². The largest absolute Gasteiger partial charge is 0.496 e. The number of nitrogens with zero attached hydrogens (tertiary/aromatic N) is 2. The number of ether oxygens (including phenoxy) is 1. The minimum Gasteiger partial charge on any atom is -0.496 e. The zero-order valence-corrected chi connectivity index (χ0v) is 20.4. The molecule has 0 unspecified atom stereocenters. The fraction of sp³-hybridized carbons (Fsp3) is 0.333. The van der Waals surface area contributed by atoms with Crippen LogP contribution in [0.15, 0.2) is 47.6 Å². The van der Waals surface area contributed by atoms with Crippen LogP contribution in [0.2, 0.25) is 0 Å². The summed E-state index contributed by atoms with van der Waals surface area (Å²) >= 11 is 2.17. The third-order valence-electron chi connectivity index (χ3n) is 5.21. The van der Waals surface area contributed by atoms with Crippen molar-refractivity contribution in [3.8, 4) is 5.75 Å². The van der Waals surface area contributed by atoms with E-state index in [0.29, 0.717) is 17.4 Å². The lowest BCUT2D eigenvalue weighted by Crippen LogP contribution is -2.49. The molecule has 1 heterocycles. The molecular weight excluding hydrogens is 489 g/mol. The maximum Gasteiger partial charge on any atom is 0.271 e. The third-order valence-corrected chi connectivity index (χ3v) is 6.10. The van der Waals surface area contributed by atoms with Gasteiger partial charge in [-0.15, -0.1) is 0 Å². The fourth-order valence-electron chi connectivity index (χ4n) is 4.12. The Morgan fingerprint density at radius 3 is 2.63 bits per heavy atom. The molecule has 0 bridgehead atoms. The van der Waals surface area contributed by atoms with Crippen molar-refractivity contribution >= 4 is 46.0 Å². The molecule has 5 nitrogen and oxygen atoms in total. The zero-order valence-electron chi connectivity index (χ0n) is 18.3. The number of carbonyl (C=O) groups is 1. The number of nitrogens with one attached hydrogen (secondary N) is 1. The van der Waals surface area contributed by atoms with Gasteiger partial charge >= 0.3 is 0 Å². The van der Waals surface area contributed by atoms with Crippen molar-refractivity contribution in [2.45, 2.75) is 46.2 Å². The van der Waals surface area contributed by atoms with Crippen LogP contribution in [-0.4, -0.2) is 30.8 Å². The van der Waals surface area contributed by atoms with Gasteiger partial charge in [-0.1, -0.05) is 12.1 Å². The molecule has 158 valence electrons. The van der Waals surface area contributed by atoms with Gasteiger partial charge in [-0.05, 0) is 98.7 Å². The van der Waals surface area contributed by atoms with Gasteiger partial charge in [-0.25, -0.2) is 5.43 Å². The minimum absolute atomic E-state index is 0.0383. The molecule has 30 heavy (non-hydrogen) atoms. The van der Waals surface area contributed by atoms with E-state index in [2.05, 4.69) is 90.8 Å². The van der Waals surface area contributed by atoms with Gasteiger partial charge in [-0.3, -0.25) is 4.79 Å². The number of amides is 1. The molecule has 1 amide bonds. The van der Waals surface area contributed by atoms with Gasteiger partial charge in [-0.2, -0.15) is 5.10 Å². The third kappa shape index (κ3) is 4.53. The summed E-state index contributed by atoms with van der Waals surface area (Å²) < 4.78 is 6.23. The summed E-state index contributed by atoms with van der Waals surface area (Å²) in [6.07, 6.45) is 3.98. The van der Waals surface area contributed by atoms with Crippen molar-refractivity contribution in [3.63, 3.8) is 0 Å². The number of allylic oxidation sites excluding steroid dienone is 1. The Bertz CT molecular complexity index is 1030. The van der Waals surface area contributed by atoms with Crippen molar-refractivity contribution in [1.82, 2.24) is 5.43 Å². The lowest BCUT2D eigenvalue weighted by Gasteiger charge is -2.46. The number of rotatable bonds is 5. The highest BCUT2D eigenvalue weighted by Crippen LogP contribution is 2.40. The number of hydrogen-bond donors (Lipinski definition) is 1. The first-order valence-corrected chi connectivity index (χ1v) is 11.0. The average molecular weight is 517 g/mol. The number of halogens is 1. The molecular formula is C24H28IN3O2. The van der Waals surface area contributed by atoms with E-state index in [1.54, 1.807) is 25.5 Å². The molecule has 2 aromatic carbocycles. The number of hydrogen-bond acceptors (Lipinski definition) is 4. The normalized spacial score (nSPS) is 15.2. The van der Waals surface area contributed by atoms with Gasteiger partial charge in [0.15, 0.2) is 0 Å². The van der Waals surface area contributed by atoms with E-state index in [4.69, 9.17) is 4.74 Å². The highest BCUT2D eigenvalue weighted by molar-refractivity contribution is 14.1. The summed E-state index contributed by atoms with van der Waals surface area (Å²) in [5.41, 5.74) is 7.66. The minimum atomic E-state index is -0.275. The highest BCUT2D eigenvalue weighted by Gasteiger charge is 2.32. The predicted molar refractivity (Wildman–Crippen MR) is 133 cm³/mol. The van der Waals surface area contributed by atoms with E-state index < -0.39 is 0 Å². The Hall–Kier alpha value is -2.35. The predicted octanol–water partition coefficient (Wildman–Crippen LogP) is 5.47. The Morgan fingerprint density at radius 2 is 1.97 bits per heavy atom. The second-order valence-electron chi connectivity index (χ2n) is 8.27. The number of benzene rings is 2. The molecule has 0 fully saturated rings. The smallest absolute Gasteiger partial charge is 0.271 e. The Morgan fingerprint density at radius 1 is 1.23 bits per heavy atom. The van der Waals surface area contributed by atoms with Crippen molar-refractivity contribution < 1.29 is 9.53 Å². The fourth-order valence-corrected chi connectivity index (χ4v) is 4.68. The average Bonchev–Trinajstić information content (AvgIpc) is 2.67. The number of fused-ring (bicyclic) bond motifs is 1. The quantitative estimate of drug-likeness (QED) is 0.325. The van der Waals surface area contributed by atoms with Gasteiger partial charge in [0.25, 0.3) is 5.91 Å². The zero-order chi connectivity index (χ0) is 22.1. The second-order valence-corrected chi connectivity index (χ2v) is 9.43. The summed E-state index contributed by atoms with van der Waals surface area (Å²) in [6, 6.07) is 12.0. The summed E-state index contributed by atoms with van der Waals surface area (Å²) in [6.45, 7) is 11.0. The molecule has 0 saturated carbocycles. The van der Waals surface area contributed by atoms with Crippen LogP contribution < -0.4 is 15.1 Å². The van der Waals surface area contributed by atoms with E-state index >= 15 is 0 Å². The van der Waals surface area contributed by atoms with E-state index in [1.807, 2.05) is 12.1 Å². The lowest BCUT2D eigenvalue weighted by atomic mass is 9.87. The molecule has 0 saturated heterocycles. The molecule has 0 spiro atoms. The topological polar surface area (TPSA) is 53.9 Å². The molecule has 1 aliphatic heterocycles. The van der Waals surface area contributed by atoms with Gasteiger partial charge in [0.05, 0.1) is 22.4 Å². The number of hydrazone groups is 1. The van der Waals surface area contributed by atoms with E-state index in [0.717, 1.165) is 9.13 Å². The standard InChI is InChI=1S/C24H28IN3O2/c1-15(2)28-21-10-7-17(11-19(21)16(3)13-24(28,4)5)14-26-27-23(29)18-8-9-20(25)22(12-18)30-6/h7-15H,1-6H3,(H,27,29)/b26-14-. The van der Waals surface area contributed by atoms with Crippen molar-refractivity contribution in [2.75, 3.05) is 12.0 Å². The SMILES string of the molecule is COc1cc(C(=O)N/N=C\c2ccc3c(c2)C(C)=CC(C)(C)N3C(C)C)ccc1I. The van der Waals surface area contributed by atoms with Gasteiger partial charge in [0, 0.05) is 22.9 Å². The van der Waals surface area contributed by atoms with Crippen LogP contribution >= 0.6 is 22.6 Å². The van der Waals surface area contributed by atoms with Gasteiger partial charge < -0.3 is 9.64 Å². The molecule has 0 aromatic heterocycles.